The fourth-order valence-corrected chi connectivity index (χ4v) is 9.35. The zero-order valence-corrected chi connectivity index (χ0v) is 27.5. The maximum atomic E-state index is 13.7. The van der Waals surface area contributed by atoms with Crippen LogP contribution in [0, 0.1) is 0 Å². The molecule has 0 aliphatic carbocycles. The molecular formula is C31H37F2N5O3SSi. The van der Waals surface area contributed by atoms with Crippen molar-refractivity contribution in [3.05, 3.63) is 66.0 Å². The predicted octanol–water partition coefficient (Wildman–Crippen LogP) is 7.86. The Morgan fingerprint density at radius 3 is 2.40 bits per heavy atom. The number of halogens is 2. The van der Waals surface area contributed by atoms with Crippen molar-refractivity contribution < 1.29 is 22.2 Å². The molecule has 0 saturated heterocycles. The van der Waals surface area contributed by atoms with Crippen LogP contribution in [0.2, 0.25) is 18.1 Å². The Kier molecular flexibility index (Phi) is 6.87. The lowest BCUT2D eigenvalue weighted by Crippen LogP contribution is -2.46. The van der Waals surface area contributed by atoms with Crippen molar-refractivity contribution in [1.82, 2.24) is 19.5 Å². The lowest BCUT2D eigenvalue weighted by Gasteiger charge is -2.42. The second-order valence-electron chi connectivity index (χ2n) is 13.4. The summed E-state index contributed by atoms with van der Waals surface area (Å²) < 4.78 is 58.9. The van der Waals surface area contributed by atoms with Gasteiger partial charge in [-0.05, 0) is 61.8 Å². The van der Waals surface area contributed by atoms with Crippen LogP contribution in [0.15, 0.2) is 58.1 Å². The minimum Gasteiger partial charge on any atom is -0.434 e. The summed E-state index contributed by atoms with van der Waals surface area (Å²) in [6.07, 6.45) is 5.61. The Morgan fingerprint density at radius 2 is 1.74 bits per heavy atom. The molecule has 0 N–H and O–H groups in total. The van der Waals surface area contributed by atoms with Crippen LogP contribution >= 0.6 is 0 Å². The number of benzene rings is 2. The summed E-state index contributed by atoms with van der Waals surface area (Å²) in [5.41, 5.74) is 3.09. The first-order valence-corrected chi connectivity index (χ1v) is 19.2. The van der Waals surface area contributed by atoms with E-state index >= 15 is 0 Å². The first-order chi connectivity index (χ1) is 20.0. The molecule has 0 spiro atoms. The Bertz CT molecular complexity index is 1860. The zero-order chi connectivity index (χ0) is 31.1. The molecule has 0 saturated carbocycles. The quantitative estimate of drug-likeness (QED) is 0.203. The lowest BCUT2D eigenvalue weighted by atomic mass is 10.0. The van der Waals surface area contributed by atoms with Crippen LogP contribution in [0.5, 0.6) is 5.75 Å². The van der Waals surface area contributed by atoms with Gasteiger partial charge in [-0.1, -0.05) is 32.9 Å². The van der Waals surface area contributed by atoms with Crippen molar-refractivity contribution in [2.45, 2.75) is 88.4 Å². The first kappa shape index (κ1) is 29.8. The van der Waals surface area contributed by atoms with Crippen molar-refractivity contribution in [1.29, 1.82) is 0 Å². The van der Waals surface area contributed by atoms with Gasteiger partial charge in [0.2, 0.25) is 0 Å². The van der Waals surface area contributed by atoms with Gasteiger partial charge in [0.15, 0.2) is 14.1 Å². The summed E-state index contributed by atoms with van der Waals surface area (Å²) in [6.45, 7) is 12.1. The van der Waals surface area contributed by atoms with Gasteiger partial charge in [0.25, 0.3) is 0 Å². The highest BCUT2D eigenvalue weighted by molar-refractivity contribution is 7.93. The molecule has 12 heteroatoms. The van der Waals surface area contributed by atoms with Crippen molar-refractivity contribution in [2.75, 3.05) is 6.26 Å². The largest absolute Gasteiger partial charge is 0.434 e. The van der Waals surface area contributed by atoms with E-state index in [9.17, 15) is 13.0 Å². The Hall–Kier alpha value is -3.22. The number of fused-ring (bicyclic) bond motifs is 9. The van der Waals surface area contributed by atoms with Gasteiger partial charge >= 0.3 is 6.61 Å². The summed E-state index contributed by atoms with van der Waals surface area (Å²) in [4.78, 5) is 14.7. The third-order valence-corrected chi connectivity index (χ3v) is 15.4. The SMILES string of the molecule is CC(C)(O[Si](C)(C)C(C)(C)C)c1ncc(-c2ccc3nc4n(c3c2)[C@@H]2C[C@@H]4N=S(C)(=O)c3cccc(OC(F)F)c32)cn1. The van der Waals surface area contributed by atoms with Crippen LogP contribution in [-0.4, -0.2) is 44.9 Å². The molecule has 8 nitrogen and oxygen atoms in total. The molecule has 43 heavy (non-hydrogen) atoms. The molecule has 2 aliphatic rings. The third-order valence-electron chi connectivity index (χ3n) is 8.93. The van der Waals surface area contributed by atoms with Gasteiger partial charge in [0.1, 0.15) is 23.2 Å². The molecular weight excluding hydrogens is 589 g/mol. The molecule has 2 bridgehead atoms. The predicted molar refractivity (Wildman–Crippen MR) is 165 cm³/mol. The van der Waals surface area contributed by atoms with Crippen molar-refractivity contribution in [3.63, 3.8) is 0 Å². The Morgan fingerprint density at radius 1 is 1.05 bits per heavy atom. The summed E-state index contributed by atoms with van der Waals surface area (Å²) in [5, 5.41) is 0.0518. The number of aromatic nitrogens is 4. The molecule has 6 rings (SSSR count). The standard InChI is InChI=1S/C31H37F2N5O3SSi/c1-30(2,3)43(7,8)41-31(4,5)28-34-16-19(17-35-28)18-12-13-20-22(14-18)38-23-15-21(27(38)36-20)37-42(6,39)25-11-9-10-24(26(23)25)40-29(32)33/h9-14,16-17,21,23,29H,15H2,1-8H3/t21-,23+,42?/m0/s1. The molecule has 0 amide bonds. The van der Waals surface area contributed by atoms with Gasteiger partial charge in [-0.15, -0.1) is 0 Å². The number of alkyl halides is 2. The topological polar surface area (TPSA) is 91.5 Å². The number of hydrogen-bond donors (Lipinski definition) is 0. The summed E-state index contributed by atoms with van der Waals surface area (Å²) in [6, 6.07) is 9.83. The monoisotopic (exact) mass is 625 g/mol. The van der Waals surface area contributed by atoms with E-state index in [2.05, 4.69) is 33.9 Å². The Balaban J connectivity index is 1.41. The zero-order valence-electron chi connectivity index (χ0n) is 25.7. The maximum absolute atomic E-state index is 13.7. The van der Waals surface area contributed by atoms with E-state index in [0.29, 0.717) is 28.5 Å². The van der Waals surface area contributed by atoms with Gasteiger partial charge in [0, 0.05) is 36.2 Å². The smallest absolute Gasteiger partial charge is 0.387 e. The fourth-order valence-electron chi connectivity index (χ4n) is 5.92. The van der Waals surface area contributed by atoms with E-state index in [4.69, 9.17) is 28.5 Å². The number of hydrogen-bond acceptors (Lipinski definition) is 7. The molecule has 2 aromatic heterocycles. The first-order valence-electron chi connectivity index (χ1n) is 14.3. The minimum atomic E-state index is -3.01. The number of nitrogens with zero attached hydrogens (tertiary/aromatic N) is 5. The van der Waals surface area contributed by atoms with E-state index in [-0.39, 0.29) is 10.8 Å². The van der Waals surface area contributed by atoms with Gasteiger partial charge in [0.05, 0.1) is 31.7 Å². The second-order valence-corrected chi connectivity index (χ2v) is 20.4. The summed E-state index contributed by atoms with van der Waals surface area (Å²) in [7, 11) is -4.92. The molecule has 1 unspecified atom stereocenters. The summed E-state index contributed by atoms with van der Waals surface area (Å²) in [5.74, 6) is 1.30. The van der Waals surface area contributed by atoms with Crippen molar-refractivity contribution in [2.24, 2.45) is 4.36 Å². The van der Waals surface area contributed by atoms with Gasteiger partial charge in [-0.25, -0.2) is 23.5 Å². The van der Waals surface area contributed by atoms with E-state index < -0.39 is 42.3 Å². The molecule has 228 valence electrons. The van der Waals surface area contributed by atoms with Crippen LogP contribution in [0.1, 0.15) is 70.3 Å². The highest BCUT2D eigenvalue weighted by atomic mass is 32.2. The van der Waals surface area contributed by atoms with Crippen LogP contribution in [-0.2, 0) is 19.8 Å². The van der Waals surface area contributed by atoms with Crippen molar-refractivity contribution >= 4 is 29.1 Å². The Labute approximate surface area is 252 Å². The van der Waals surface area contributed by atoms with E-state index in [0.717, 1.165) is 22.2 Å². The lowest BCUT2D eigenvalue weighted by molar-refractivity contribution is -0.0508. The van der Waals surface area contributed by atoms with E-state index in [1.54, 1.807) is 30.8 Å². The highest BCUT2D eigenvalue weighted by Crippen LogP contribution is 2.51. The highest BCUT2D eigenvalue weighted by Gasteiger charge is 2.44. The maximum Gasteiger partial charge on any atom is 0.387 e. The number of imidazole rings is 1. The number of rotatable bonds is 6. The van der Waals surface area contributed by atoms with E-state index in [1.165, 1.54) is 6.07 Å². The van der Waals surface area contributed by atoms with Crippen LogP contribution in [0.25, 0.3) is 22.2 Å². The van der Waals surface area contributed by atoms with E-state index in [1.807, 2.05) is 36.6 Å². The molecule has 0 radical (unpaired) electrons. The van der Waals surface area contributed by atoms with Crippen LogP contribution < -0.4 is 4.74 Å². The second kappa shape index (κ2) is 9.90. The molecule has 3 atom stereocenters. The average Bonchev–Trinajstić information content (AvgIpc) is 3.40. The molecule has 4 heterocycles. The van der Waals surface area contributed by atoms with Gasteiger partial charge in [-0.3, -0.25) is 0 Å². The third kappa shape index (κ3) is 5.06. The van der Waals surface area contributed by atoms with Crippen molar-refractivity contribution in [3.8, 4) is 16.9 Å². The number of ether oxygens (including phenoxy) is 1. The molecule has 2 aliphatic heterocycles. The molecule has 4 aromatic rings. The fraction of sp³-hybridized carbons (Fsp3) is 0.452. The molecule has 0 fully saturated rings. The van der Waals surface area contributed by atoms with Gasteiger partial charge in [-0.2, -0.15) is 8.78 Å². The normalized spacial score (nSPS) is 21.8. The summed E-state index contributed by atoms with van der Waals surface area (Å²) >= 11 is 0. The average molecular weight is 626 g/mol. The van der Waals surface area contributed by atoms with Crippen LogP contribution in [0.4, 0.5) is 8.78 Å². The van der Waals surface area contributed by atoms with Crippen LogP contribution in [0.3, 0.4) is 0 Å². The van der Waals surface area contributed by atoms with Gasteiger partial charge < -0.3 is 13.7 Å². The minimum absolute atomic E-state index is 0.0142. The molecule has 2 aromatic carbocycles.